The van der Waals surface area contributed by atoms with Crippen molar-refractivity contribution in [1.82, 2.24) is 9.55 Å². The molecule has 0 amide bonds. The molecule has 0 aliphatic rings. The summed E-state index contributed by atoms with van der Waals surface area (Å²) in [5.41, 5.74) is 0. The zero-order chi connectivity index (χ0) is 11.4. The summed E-state index contributed by atoms with van der Waals surface area (Å²) in [4.78, 5) is 13.2. The van der Waals surface area contributed by atoms with Gasteiger partial charge in [0.05, 0.1) is 18.8 Å². The van der Waals surface area contributed by atoms with E-state index in [1.165, 1.54) is 17.1 Å². The smallest absolute Gasteiger partial charge is 0.381 e. The first-order valence-electron chi connectivity index (χ1n) is 4.57. The van der Waals surface area contributed by atoms with Gasteiger partial charge in [-0.15, -0.1) is 0 Å². The molecule has 0 fully saturated rings. The standard InChI is InChI=1S/C8H13N3O4/c1-2-6(12)7(13)3-10-4-8(9-5-10)11(14)15/h4-7,12-13H,2-3H2,1H3. The van der Waals surface area contributed by atoms with E-state index in [0.717, 1.165) is 0 Å². The van der Waals surface area contributed by atoms with Crippen LogP contribution >= 0.6 is 0 Å². The molecule has 2 unspecified atom stereocenters. The molecule has 0 saturated carbocycles. The van der Waals surface area contributed by atoms with Gasteiger partial charge in [-0.1, -0.05) is 6.92 Å². The van der Waals surface area contributed by atoms with Crippen LogP contribution in [0.15, 0.2) is 12.5 Å². The number of nitro groups is 1. The van der Waals surface area contributed by atoms with Crippen LogP contribution in [-0.2, 0) is 6.54 Å². The van der Waals surface area contributed by atoms with Crippen molar-refractivity contribution in [3.8, 4) is 0 Å². The number of rotatable bonds is 5. The van der Waals surface area contributed by atoms with Gasteiger partial charge in [0.15, 0.2) is 0 Å². The second-order valence-corrected chi connectivity index (χ2v) is 3.23. The molecule has 0 aliphatic heterocycles. The molecule has 2 N–H and O–H groups in total. The topological polar surface area (TPSA) is 101 Å². The van der Waals surface area contributed by atoms with Crippen LogP contribution in [0.1, 0.15) is 13.3 Å². The van der Waals surface area contributed by atoms with Gasteiger partial charge in [0.2, 0.25) is 6.33 Å². The Morgan fingerprint density at radius 1 is 1.60 bits per heavy atom. The minimum atomic E-state index is -0.941. The Morgan fingerprint density at radius 2 is 2.27 bits per heavy atom. The number of imidazole rings is 1. The molecule has 1 rings (SSSR count). The van der Waals surface area contributed by atoms with Crippen molar-refractivity contribution in [3.63, 3.8) is 0 Å². The number of nitrogens with zero attached hydrogens (tertiary/aromatic N) is 3. The molecule has 7 heteroatoms. The van der Waals surface area contributed by atoms with Gasteiger partial charge < -0.3 is 24.9 Å². The molecule has 84 valence electrons. The summed E-state index contributed by atoms with van der Waals surface area (Å²) >= 11 is 0. The third-order valence-electron chi connectivity index (χ3n) is 2.07. The van der Waals surface area contributed by atoms with Crippen molar-refractivity contribution in [1.29, 1.82) is 0 Å². The van der Waals surface area contributed by atoms with E-state index in [1.54, 1.807) is 6.92 Å². The first kappa shape index (κ1) is 11.6. The van der Waals surface area contributed by atoms with Gasteiger partial charge in [-0.2, -0.15) is 0 Å². The van der Waals surface area contributed by atoms with Crippen LogP contribution in [0.4, 0.5) is 5.82 Å². The van der Waals surface area contributed by atoms with Crippen molar-refractivity contribution >= 4 is 5.82 Å². The van der Waals surface area contributed by atoms with Crippen LogP contribution in [0.3, 0.4) is 0 Å². The first-order chi connectivity index (χ1) is 7.04. The van der Waals surface area contributed by atoms with E-state index < -0.39 is 17.1 Å². The predicted molar refractivity (Wildman–Crippen MR) is 51.2 cm³/mol. The van der Waals surface area contributed by atoms with Crippen molar-refractivity contribution in [3.05, 3.63) is 22.6 Å². The maximum atomic E-state index is 10.3. The van der Waals surface area contributed by atoms with Crippen LogP contribution in [0.5, 0.6) is 0 Å². The van der Waals surface area contributed by atoms with Crippen molar-refractivity contribution in [2.75, 3.05) is 0 Å². The van der Waals surface area contributed by atoms with Crippen molar-refractivity contribution < 1.29 is 15.1 Å². The molecule has 1 heterocycles. The zero-order valence-electron chi connectivity index (χ0n) is 8.28. The fourth-order valence-electron chi connectivity index (χ4n) is 1.15. The molecule has 15 heavy (non-hydrogen) atoms. The summed E-state index contributed by atoms with van der Waals surface area (Å²) in [5, 5.41) is 29.0. The van der Waals surface area contributed by atoms with Gasteiger partial charge in [-0.3, -0.25) is 0 Å². The second-order valence-electron chi connectivity index (χ2n) is 3.23. The third-order valence-corrected chi connectivity index (χ3v) is 2.07. The average molecular weight is 215 g/mol. The highest BCUT2D eigenvalue weighted by Gasteiger charge is 2.17. The maximum absolute atomic E-state index is 10.3. The minimum absolute atomic E-state index is 0.0931. The highest BCUT2D eigenvalue weighted by atomic mass is 16.6. The number of hydrogen-bond donors (Lipinski definition) is 2. The fourth-order valence-corrected chi connectivity index (χ4v) is 1.15. The number of hydrogen-bond acceptors (Lipinski definition) is 5. The van der Waals surface area contributed by atoms with E-state index in [9.17, 15) is 20.3 Å². The number of aliphatic hydroxyl groups is 2. The van der Waals surface area contributed by atoms with Crippen molar-refractivity contribution in [2.45, 2.75) is 32.1 Å². The summed E-state index contributed by atoms with van der Waals surface area (Å²) in [5.74, 6) is -0.270. The molecule has 0 saturated heterocycles. The summed E-state index contributed by atoms with van der Waals surface area (Å²) in [6, 6.07) is 0. The van der Waals surface area contributed by atoms with Gasteiger partial charge >= 0.3 is 5.82 Å². The van der Waals surface area contributed by atoms with Crippen molar-refractivity contribution in [2.24, 2.45) is 0 Å². The maximum Gasteiger partial charge on any atom is 0.381 e. The SMILES string of the molecule is CCC(O)C(O)Cn1cnc([N+](=O)[O-])c1. The summed E-state index contributed by atoms with van der Waals surface area (Å²) in [7, 11) is 0. The first-order valence-corrected chi connectivity index (χ1v) is 4.57. The molecule has 1 aromatic rings. The van der Waals surface area contributed by atoms with E-state index in [1.807, 2.05) is 0 Å². The fraction of sp³-hybridized carbons (Fsp3) is 0.625. The lowest BCUT2D eigenvalue weighted by Crippen LogP contribution is -2.29. The molecule has 0 aromatic carbocycles. The Bertz CT molecular complexity index is 338. The number of aliphatic hydroxyl groups excluding tert-OH is 2. The molecule has 0 radical (unpaired) electrons. The lowest BCUT2D eigenvalue weighted by molar-refractivity contribution is -0.389. The minimum Gasteiger partial charge on any atom is -0.390 e. The van der Waals surface area contributed by atoms with Gasteiger partial charge in [0, 0.05) is 0 Å². The van der Waals surface area contributed by atoms with Gasteiger partial charge in [-0.25, -0.2) is 0 Å². The zero-order valence-corrected chi connectivity index (χ0v) is 8.28. The highest BCUT2D eigenvalue weighted by molar-refractivity contribution is 5.12. The Labute approximate surface area is 86.1 Å². The van der Waals surface area contributed by atoms with E-state index in [0.29, 0.717) is 6.42 Å². The summed E-state index contributed by atoms with van der Waals surface area (Å²) in [6.07, 6.45) is 1.13. The van der Waals surface area contributed by atoms with Gasteiger partial charge in [-0.05, 0) is 16.3 Å². The summed E-state index contributed by atoms with van der Waals surface area (Å²) in [6.45, 7) is 1.83. The van der Waals surface area contributed by atoms with Crippen LogP contribution < -0.4 is 0 Å². The third kappa shape index (κ3) is 3.00. The van der Waals surface area contributed by atoms with E-state index in [4.69, 9.17) is 0 Å². The van der Waals surface area contributed by atoms with Gasteiger partial charge in [0.25, 0.3) is 0 Å². The quantitative estimate of drug-likeness (QED) is 0.528. The molecule has 0 spiro atoms. The normalized spacial score (nSPS) is 14.9. The highest BCUT2D eigenvalue weighted by Crippen LogP contribution is 2.08. The second kappa shape index (κ2) is 4.85. The van der Waals surface area contributed by atoms with E-state index in [-0.39, 0.29) is 12.4 Å². The van der Waals surface area contributed by atoms with Crippen LogP contribution in [0.25, 0.3) is 0 Å². The van der Waals surface area contributed by atoms with Crippen LogP contribution in [-0.4, -0.2) is 36.9 Å². The Kier molecular flexibility index (Phi) is 3.75. The van der Waals surface area contributed by atoms with E-state index >= 15 is 0 Å². The largest absolute Gasteiger partial charge is 0.390 e. The van der Waals surface area contributed by atoms with Gasteiger partial charge in [0.1, 0.15) is 6.20 Å². The monoisotopic (exact) mass is 215 g/mol. The van der Waals surface area contributed by atoms with Crippen LogP contribution in [0, 0.1) is 10.1 Å². The lowest BCUT2D eigenvalue weighted by Gasteiger charge is -2.15. The molecule has 0 bridgehead atoms. The molecular weight excluding hydrogens is 202 g/mol. The lowest BCUT2D eigenvalue weighted by atomic mass is 10.1. The average Bonchev–Trinajstić information content (AvgIpc) is 2.65. The van der Waals surface area contributed by atoms with E-state index in [2.05, 4.69) is 4.98 Å². The molecule has 7 nitrogen and oxygen atoms in total. The molecule has 1 aromatic heterocycles. The molecular formula is C8H13N3O4. The number of aromatic nitrogens is 2. The van der Waals surface area contributed by atoms with Crippen LogP contribution in [0.2, 0.25) is 0 Å². The molecule has 0 aliphatic carbocycles. The Morgan fingerprint density at radius 3 is 2.73 bits per heavy atom. The summed E-state index contributed by atoms with van der Waals surface area (Å²) < 4.78 is 1.38. The Balaban J connectivity index is 2.61. The molecule has 2 atom stereocenters. The Hall–Kier alpha value is -1.47. The predicted octanol–water partition coefficient (Wildman–Crippen LogP) is -0.0769.